The number of aryl methyl sites for hydroxylation is 1. The summed E-state index contributed by atoms with van der Waals surface area (Å²) in [7, 11) is 0. The number of rotatable bonds is 2. The second-order valence-corrected chi connectivity index (χ2v) is 5.46. The van der Waals surface area contributed by atoms with Crippen LogP contribution < -0.4 is 11.1 Å². The summed E-state index contributed by atoms with van der Waals surface area (Å²) in [5.74, 6) is 0.765. The Balaban J connectivity index is 2.09. The molecule has 3 aromatic rings. The molecule has 0 saturated carbocycles. The average molecular weight is 329 g/mol. The molecule has 0 aliphatic carbocycles. The predicted molar refractivity (Wildman–Crippen MR) is 86.1 cm³/mol. The van der Waals surface area contributed by atoms with Gasteiger partial charge in [0.1, 0.15) is 12.1 Å². The van der Waals surface area contributed by atoms with Crippen LogP contribution in [0.25, 0.3) is 10.9 Å². The fourth-order valence-electron chi connectivity index (χ4n) is 2.04. The summed E-state index contributed by atoms with van der Waals surface area (Å²) in [6.07, 6.45) is 1.54. The lowest BCUT2D eigenvalue weighted by atomic mass is 10.2. The molecule has 2 aromatic carbocycles. The molecule has 1 heterocycles. The minimum atomic E-state index is 0.693. The SMILES string of the molecule is Cc1ccc(Br)c(Nc2ncnc3cc(N)ccc23)c1. The maximum Gasteiger partial charge on any atom is 0.141 e. The molecule has 0 saturated heterocycles. The van der Waals surface area contributed by atoms with Gasteiger partial charge >= 0.3 is 0 Å². The highest BCUT2D eigenvalue weighted by atomic mass is 79.9. The Morgan fingerprint density at radius 1 is 1.10 bits per heavy atom. The van der Waals surface area contributed by atoms with Crippen molar-refractivity contribution < 1.29 is 0 Å². The molecule has 1 aromatic heterocycles. The molecule has 0 radical (unpaired) electrons. The van der Waals surface area contributed by atoms with Gasteiger partial charge in [-0.15, -0.1) is 0 Å². The summed E-state index contributed by atoms with van der Waals surface area (Å²) in [6, 6.07) is 11.7. The van der Waals surface area contributed by atoms with Gasteiger partial charge in [-0.1, -0.05) is 6.07 Å². The first-order valence-electron chi connectivity index (χ1n) is 6.17. The van der Waals surface area contributed by atoms with Gasteiger partial charge in [0.15, 0.2) is 0 Å². The zero-order valence-corrected chi connectivity index (χ0v) is 12.5. The topological polar surface area (TPSA) is 63.8 Å². The van der Waals surface area contributed by atoms with Crippen LogP contribution in [0.4, 0.5) is 17.2 Å². The van der Waals surface area contributed by atoms with Gasteiger partial charge in [-0.05, 0) is 58.7 Å². The van der Waals surface area contributed by atoms with E-state index in [2.05, 4.69) is 44.2 Å². The standard InChI is InChI=1S/C15H13BrN4/c1-9-2-5-12(16)14(6-9)20-15-11-4-3-10(17)7-13(11)18-8-19-15/h2-8H,17H2,1H3,(H,18,19,20). The van der Waals surface area contributed by atoms with Crippen molar-refractivity contribution in [1.82, 2.24) is 9.97 Å². The van der Waals surface area contributed by atoms with Crippen molar-refractivity contribution >= 4 is 44.0 Å². The van der Waals surface area contributed by atoms with E-state index in [1.165, 1.54) is 11.9 Å². The van der Waals surface area contributed by atoms with E-state index in [0.29, 0.717) is 5.69 Å². The van der Waals surface area contributed by atoms with Crippen molar-refractivity contribution in [2.75, 3.05) is 11.1 Å². The van der Waals surface area contributed by atoms with E-state index in [1.807, 2.05) is 30.3 Å². The number of fused-ring (bicyclic) bond motifs is 1. The highest BCUT2D eigenvalue weighted by Gasteiger charge is 2.06. The van der Waals surface area contributed by atoms with Crippen LogP contribution in [-0.4, -0.2) is 9.97 Å². The summed E-state index contributed by atoms with van der Waals surface area (Å²) in [5.41, 5.74) is 9.45. The van der Waals surface area contributed by atoms with E-state index in [9.17, 15) is 0 Å². The second kappa shape index (κ2) is 5.09. The molecule has 0 bridgehead atoms. The molecule has 0 atom stereocenters. The molecule has 100 valence electrons. The number of hydrogen-bond acceptors (Lipinski definition) is 4. The molecule has 0 amide bonds. The lowest BCUT2D eigenvalue weighted by Crippen LogP contribution is -1.97. The average Bonchev–Trinajstić information content (AvgIpc) is 2.43. The molecule has 0 unspecified atom stereocenters. The van der Waals surface area contributed by atoms with Crippen LogP contribution in [0.1, 0.15) is 5.56 Å². The van der Waals surface area contributed by atoms with E-state index in [0.717, 1.165) is 26.9 Å². The van der Waals surface area contributed by atoms with Crippen molar-refractivity contribution in [2.24, 2.45) is 0 Å². The van der Waals surface area contributed by atoms with Crippen molar-refractivity contribution in [2.45, 2.75) is 6.92 Å². The maximum atomic E-state index is 5.78. The molecule has 3 rings (SSSR count). The van der Waals surface area contributed by atoms with Gasteiger partial charge in [0.25, 0.3) is 0 Å². The van der Waals surface area contributed by atoms with Crippen LogP contribution in [0, 0.1) is 6.92 Å². The molecule has 4 nitrogen and oxygen atoms in total. The van der Waals surface area contributed by atoms with Crippen molar-refractivity contribution in [3.8, 4) is 0 Å². The molecular weight excluding hydrogens is 316 g/mol. The molecule has 5 heteroatoms. The zero-order chi connectivity index (χ0) is 14.1. The second-order valence-electron chi connectivity index (χ2n) is 4.61. The third kappa shape index (κ3) is 2.44. The molecule has 0 fully saturated rings. The van der Waals surface area contributed by atoms with E-state index in [4.69, 9.17) is 5.73 Å². The highest BCUT2D eigenvalue weighted by Crippen LogP contribution is 2.29. The van der Waals surface area contributed by atoms with Gasteiger partial charge in [0.2, 0.25) is 0 Å². The van der Waals surface area contributed by atoms with E-state index < -0.39 is 0 Å². The van der Waals surface area contributed by atoms with Gasteiger partial charge in [0.05, 0.1) is 11.2 Å². The normalized spacial score (nSPS) is 10.7. The lowest BCUT2D eigenvalue weighted by Gasteiger charge is -2.11. The third-order valence-electron chi connectivity index (χ3n) is 3.04. The number of aromatic nitrogens is 2. The number of halogens is 1. The van der Waals surface area contributed by atoms with Crippen LogP contribution >= 0.6 is 15.9 Å². The molecule has 0 aliphatic heterocycles. The molecular formula is C15H13BrN4. The first-order chi connectivity index (χ1) is 9.63. The summed E-state index contributed by atoms with van der Waals surface area (Å²) in [4.78, 5) is 8.56. The first-order valence-corrected chi connectivity index (χ1v) is 6.96. The van der Waals surface area contributed by atoms with Crippen molar-refractivity contribution in [3.05, 3.63) is 52.8 Å². The summed E-state index contributed by atoms with van der Waals surface area (Å²) < 4.78 is 0.991. The number of benzene rings is 2. The van der Waals surface area contributed by atoms with E-state index in [1.54, 1.807) is 0 Å². The largest absolute Gasteiger partial charge is 0.399 e. The van der Waals surface area contributed by atoms with E-state index in [-0.39, 0.29) is 0 Å². The summed E-state index contributed by atoms with van der Waals surface area (Å²) >= 11 is 3.54. The fourth-order valence-corrected chi connectivity index (χ4v) is 2.38. The number of hydrogen-bond donors (Lipinski definition) is 2. The third-order valence-corrected chi connectivity index (χ3v) is 3.73. The first kappa shape index (κ1) is 12.9. The van der Waals surface area contributed by atoms with Gasteiger partial charge in [0, 0.05) is 15.5 Å². The molecule has 20 heavy (non-hydrogen) atoms. The monoisotopic (exact) mass is 328 g/mol. The number of nitrogens with one attached hydrogen (secondary N) is 1. The highest BCUT2D eigenvalue weighted by molar-refractivity contribution is 9.10. The maximum absolute atomic E-state index is 5.78. The van der Waals surface area contributed by atoms with Crippen molar-refractivity contribution in [1.29, 1.82) is 0 Å². The molecule has 0 aliphatic rings. The number of nitrogens with two attached hydrogens (primary N) is 1. The zero-order valence-electron chi connectivity index (χ0n) is 10.9. The Morgan fingerprint density at radius 3 is 2.80 bits per heavy atom. The smallest absolute Gasteiger partial charge is 0.141 e. The van der Waals surface area contributed by atoms with Crippen molar-refractivity contribution in [3.63, 3.8) is 0 Å². The predicted octanol–water partition coefficient (Wildman–Crippen LogP) is 4.03. The summed E-state index contributed by atoms with van der Waals surface area (Å²) in [5, 5.41) is 4.28. The van der Waals surface area contributed by atoms with Crippen LogP contribution in [0.15, 0.2) is 47.2 Å². The molecule has 0 spiro atoms. The van der Waals surface area contributed by atoms with Gasteiger partial charge in [-0.2, -0.15) is 0 Å². The minimum absolute atomic E-state index is 0.693. The van der Waals surface area contributed by atoms with E-state index >= 15 is 0 Å². The van der Waals surface area contributed by atoms with Gasteiger partial charge in [-0.3, -0.25) is 0 Å². The minimum Gasteiger partial charge on any atom is -0.399 e. The Hall–Kier alpha value is -2.14. The number of nitrogen functional groups attached to an aromatic ring is 1. The Bertz CT molecular complexity index is 786. The van der Waals surface area contributed by atoms with Crippen LogP contribution in [0.2, 0.25) is 0 Å². The number of anilines is 3. The quantitative estimate of drug-likeness (QED) is 0.697. The van der Waals surface area contributed by atoms with Crippen LogP contribution in [0.5, 0.6) is 0 Å². The van der Waals surface area contributed by atoms with Crippen LogP contribution in [-0.2, 0) is 0 Å². The number of nitrogens with zero attached hydrogens (tertiary/aromatic N) is 2. The molecule has 3 N–H and O–H groups in total. The Labute approximate surface area is 125 Å². The van der Waals surface area contributed by atoms with Gasteiger partial charge < -0.3 is 11.1 Å². The van der Waals surface area contributed by atoms with Crippen LogP contribution in [0.3, 0.4) is 0 Å². The Morgan fingerprint density at radius 2 is 1.95 bits per heavy atom. The Kier molecular flexibility index (Phi) is 3.28. The lowest BCUT2D eigenvalue weighted by molar-refractivity contribution is 1.22. The van der Waals surface area contributed by atoms with Gasteiger partial charge in [-0.25, -0.2) is 9.97 Å². The summed E-state index contributed by atoms with van der Waals surface area (Å²) in [6.45, 7) is 2.05. The fraction of sp³-hybridized carbons (Fsp3) is 0.0667.